The largest absolute Gasteiger partial charge is 0.419 e. The molecule has 2 atom stereocenters. The lowest BCUT2D eigenvalue weighted by molar-refractivity contribution is -0.137. The zero-order valence-electron chi connectivity index (χ0n) is 14.2. The van der Waals surface area contributed by atoms with Crippen molar-refractivity contribution < 1.29 is 18.0 Å². The summed E-state index contributed by atoms with van der Waals surface area (Å²) in [7, 11) is 1.79. The van der Waals surface area contributed by atoms with Crippen LogP contribution in [0, 0.1) is 5.92 Å². The third kappa shape index (κ3) is 3.89. The lowest BCUT2D eigenvalue weighted by Gasteiger charge is -2.36. The van der Waals surface area contributed by atoms with Gasteiger partial charge in [0.2, 0.25) is 5.91 Å². The van der Waals surface area contributed by atoms with Crippen molar-refractivity contribution >= 4 is 11.7 Å². The van der Waals surface area contributed by atoms with Crippen LogP contribution in [0.1, 0.15) is 24.8 Å². The highest BCUT2D eigenvalue weighted by molar-refractivity contribution is 5.80. The summed E-state index contributed by atoms with van der Waals surface area (Å²) in [5.41, 5.74) is -0.739. The Balaban J connectivity index is 1.74. The maximum absolute atomic E-state index is 13.2. The van der Waals surface area contributed by atoms with Crippen LogP contribution >= 0.6 is 0 Å². The Morgan fingerprint density at radius 1 is 1.40 bits per heavy atom. The first-order valence-corrected chi connectivity index (χ1v) is 8.62. The van der Waals surface area contributed by atoms with Gasteiger partial charge in [-0.15, -0.1) is 0 Å². The minimum absolute atomic E-state index is 0.0166. The summed E-state index contributed by atoms with van der Waals surface area (Å²) in [5.74, 6) is -0.344. The van der Waals surface area contributed by atoms with E-state index in [2.05, 4.69) is 10.3 Å². The summed E-state index contributed by atoms with van der Waals surface area (Å²) in [6.07, 6.45) is -0.786. The van der Waals surface area contributed by atoms with Crippen molar-refractivity contribution in [2.45, 2.75) is 31.5 Å². The third-order valence-corrected chi connectivity index (χ3v) is 5.09. The number of pyridine rings is 1. The van der Waals surface area contributed by atoms with E-state index in [4.69, 9.17) is 0 Å². The molecule has 1 amide bonds. The zero-order valence-corrected chi connectivity index (χ0v) is 14.2. The highest BCUT2D eigenvalue weighted by atomic mass is 19.4. The molecule has 0 radical (unpaired) electrons. The number of aromatic nitrogens is 1. The van der Waals surface area contributed by atoms with Crippen LogP contribution in [-0.4, -0.2) is 55.1 Å². The predicted molar refractivity (Wildman–Crippen MR) is 88.2 cm³/mol. The molecule has 0 aromatic carbocycles. The molecule has 0 spiro atoms. The van der Waals surface area contributed by atoms with E-state index >= 15 is 0 Å². The Kier molecular flexibility index (Phi) is 5.17. The second-order valence-electron chi connectivity index (χ2n) is 6.75. The fraction of sp³-hybridized carbons (Fsp3) is 0.647. The van der Waals surface area contributed by atoms with Gasteiger partial charge in [-0.2, -0.15) is 13.2 Å². The van der Waals surface area contributed by atoms with Crippen molar-refractivity contribution in [2.24, 2.45) is 5.92 Å². The van der Waals surface area contributed by atoms with Crippen LogP contribution in [0.4, 0.5) is 19.0 Å². The SMILES string of the molecule is CN(C(=O)C1CCCN(c2ncccc2C(F)(F)F)C1)C1CCNC1. The number of nitrogens with zero attached hydrogens (tertiary/aromatic N) is 3. The van der Waals surface area contributed by atoms with Gasteiger partial charge in [0, 0.05) is 38.9 Å². The Hall–Kier alpha value is -1.83. The number of anilines is 1. The predicted octanol–water partition coefficient (Wildman–Crippen LogP) is 2.14. The lowest BCUT2D eigenvalue weighted by atomic mass is 9.95. The summed E-state index contributed by atoms with van der Waals surface area (Å²) in [5, 5.41) is 3.23. The van der Waals surface area contributed by atoms with Gasteiger partial charge in [-0.25, -0.2) is 4.98 Å². The van der Waals surface area contributed by atoms with E-state index < -0.39 is 11.7 Å². The minimum atomic E-state index is -4.45. The molecule has 1 N–H and O–H groups in total. The Labute approximate surface area is 145 Å². The number of carbonyl (C=O) groups excluding carboxylic acids is 1. The van der Waals surface area contributed by atoms with Gasteiger partial charge in [0.25, 0.3) is 0 Å². The smallest absolute Gasteiger partial charge is 0.355 e. The number of halogens is 3. The first-order valence-electron chi connectivity index (χ1n) is 8.62. The topological polar surface area (TPSA) is 48.5 Å². The Bertz CT molecular complexity index is 616. The van der Waals surface area contributed by atoms with Gasteiger partial charge in [-0.05, 0) is 37.9 Å². The van der Waals surface area contributed by atoms with Crippen LogP contribution in [0.3, 0.4) is 0 Å². The molecule has 25 heavy (non-hydrogen) atoms. The van der Waals surface area contributed by atoms with E-state index in [0.29, 0.717) is 19.4 Å². The summed E-state index contributed by atoms with van der Waals surface area (Å²) in [4.78, 5) is 20.1. The number of nitrogens with one attached hydrogen (secondary N) is 1. The standard InChI is InChI=1S/C17H23F3N4O/c1-23(13-6-8-21-10-13)16(25)12-4-3-9-24(11-12)15-14(17(18,19)20)5-2-7-22-15/h2,5,7,12-13,21H,3-4,6,8-11H2,1H3. The molecule has 0 saturated carbocycles. The van der Waals surface area contributed by atoms with Gasteiger partial charge in [-0.3, -0.25) is 4.79 Å². The van der Waals surface area contributed by atoms with Crippen molar-refractivity contribution in [3.05, 3.63) is 23.9 Å². The molecule has 2 unspecified atom stereocenters. The van der Waals surface area contributed by atoms with Crippen LogP contribution in [0.5, 0.6) is 0 Å². The molecule has 2 aliphatic heterocycles. The Morgan fingerprint density at radius 2 is 2.20 bits per heavy atom. The van der Waals surface area contributed by atoms with Crippen molar-refractivity contribution in [1.29, 1.82) is 0 Å². The number of rotatable bonds is 3. The van der Waals surface area contributed by atoms with Crippen LogP contribution in [0.2, 0.25) is 0 Å². The van der Waals surface area contributed by atoms with Crippen molar-refractivity contribution in [3.8, 4) is 0 Å². The molecule has 1 aromatic heterocycles. The third-order valence-electron chi connectivity index (χ3n) is 5.09. The quantitative estimate of drug-likeness (QED) is 0.902. The van der Waals surface area contributed by atoms with E-state index in [0.717, 1.165) is 25.6 Å². The van der Waals surface area contributed by atoms with Crippen molar-refractivity contribution in [3.63, 3.8) is 0 Å². The van der Waals surface area contributed by atoms with Crippen molar-refractivity contribution in [1.82, 2.24) is 15.2 Å². The van der Waals surface area contributed by atoms with E-state index in [1.165, 1.54) is 12.3 Å². The lowest BCUT2D eigenvalue weighted by Crippen LogP contribution is -2.47. The molecule has 2 aliphatic rings. The monoisotopic (exact) mass is 356 g/mol. The fourth-order valence-corrected chi connectivity index (χ4v) is 3.68. The molecule has 138 valence electrons. The molecule has 1 aromatic rings. The highest BCUT2D eigenvalue weighted by Gasteiger charge is 2.38. The van der Waals surface area contributed by atoms with Gasteiger partial charge in [0.15, 0.2) is 0 Å². The highest BCUT2D eigenvalue weighted by Crippen LogP contribution is 2.36. The summed E-state index contributed by atoms with van der Waals surface area (Å²) >= 11 is 0. The molecule has 0 aliphatic carbocycles. The van der Waals surface area contributed by atoms with Crippen LogP contribution < -0.4 is 10.2 Å². The second kappa shape index (κ2) is 7.19. The average Bonchev–Trinajstić information content (AvgIpc) is 3.14. The first kappa shape index (κ1) is 18.0. The molecule has 3 heterocycles. The number of carbonyl (C=O) groups is 1. The second-order valence-corrected chi connectivity index (χ2v) is 6.75. The molecular weight excluding hydrogens is 333 g/mol. The van der Waals surface area contributed by atoms with Gasteiger partial charge in [0.1, 0.15) is 5.82 Å². The summed E-state index contributed by atoms with van der Waals surface area (Å²) in [6.45, 7) is 2.43. The molecule has 2 saturated heterocycles. The normalized spacial score (nSPS) is 24.4. The number of amides is 1. The van der Waals surface area contributed by atoms with E-state index in [-0.39, 0.29) is 30.2 Å². The zero-order chi connectivity index (χ0) is 18.0. The average molecular weight is 356 g/mol. The van der Waals surface area contributed by atoms with Gasteiger partial charge in [-0.1, -0.05) is 0 Å². The molecular formula is C17H23F3N4O. The van der Waals surface area contributed by atoms with Crippen LogP contribution in [0.25, 0.3) is 0 Å². The molecule has 3 rings (SSSR count). The fourth-order valence-electron chi connectivity index (χ4n) is 3.68. The van der Waals surface area contributed by atoms with Gasteiger partial charge < -0.3 is 15.1 Å². The molecule has 8 heteroatoms. The Morgan fingerprint density at radius 3 is 2.88 bits per heavy atom. The molecule has 0 bridgehead atoms. The summed E-state index contributed by atoms with van der Waals surface area (Å²) < 4.78 is 39.7. The van der Waals surface area contributed by atoms with E-state index in [9.17, 15) is 18.0 Å². The minimum Gasteiger partial charge on any atom is -0.355 e. The molecule has 2 fully saturated rings. The number of hydrogen-bond donors (Lipinski definition) is 1. The summed E-state index contributed by atoms with van der Waals surface area (Å²) in [6, 6.07) is 2.51. The maximum Gasteiger partial charge on any atom is 0.419 e. The molecule has 5 nitrogen and oxygen atoms in total. The van der Waals surface area contributed by atoms with E-state index in [1.54, 1.807) is 16.8 Å². The number of hydrogen-bond acceptors (Lipinski definition) is 4. The van der Waals surface area contributed by atoms with Crippen molar-refractivity contribution in [2.75, 3.05) is 38.1 Å². The van der Waals surface area contributed by atoms with E-state index in [1.807, 2.05) is 0 Å². The number of piperidine rings is 1. The van der Waals surface area contributed by atoms with Crippen LogP contribution in [-0.2, 0) is 11.0 Å². The van der Waals surface area contributed by atoms with Gasteiger partial charge >= 0.3 is 6.18 Å². The number of alkyl halides is 3. The van der Waals surface area contributed by atoms with Crippen LogP contribution in [0.15, 0.2) is 18.3 Å². The number of likely N-dealkylation sites (N-methyl/N-ethyl adjacent to an activating group) is 1. The maximum atomic E-state index is 13.2. The first-order chi connectivity index (χ1) is 11.9. The van der Waals surface area contributed by atoms with Gasteiger partial charge in [0.05, 0.1) is 11.5 Å².